The molecule has 2 aromatic rings. The number of H-pyrrole nitrogens is 1. The van der Waals surface area contributed by atoms with Gasteiger partial charge in [-0.1, -0.05) is 0 Å². The van der Waals surface area contributed by atoms with Crippen LogP contribution in [0.3, 0.4) is 0 Å². The molecule has 0 fully saturated rings. The van der Waals surface area contributed by atoms with Crippen molar-refractivity contribution in [2.75, 3.05) is 0 Å². The summed E-state index contributed by atoms with van der Waals surface area (Å²) in [7, 11) is 0. The first-order chi connectivity index (χ1) is 8.49. The first-order valence-electron chi connectivity index (χ1n) is 5.30. The lowest BCUT2D eigenvalue weighted by molar-refractivity contribution is -0.138. The molecule has 0 amide bonds. The maximum Gasteiger partial charge on any atom is 0.328 e. The van der Waals surface area contributed by atoms with E-state index in [1.807, 2.05) is 0 Å². The number of carboxylic acids is 1. The fourth-order valence-corrected chi connectivity index (χ4v) is 1.64. The summed E-state index contributed by atoms with van der Waals surface area (Å²) in [6.45, 7) is 1.75. The van der Waals surface area contributed by atoms with Crippen molar-refractivity contribution in [3.8, 4) is 11.3 Å². The van der Waals surface area contributed by atoms with E-state index >= 15 is 0 Å². The molecule has 0 aliphatic carbocycles. The molecule has 1 atom stereocenters. The molecule has 0 aliphatic rings. The van der Waals surface area contributed by atoms with Crippen molar-refractivity contribution >= 4 is 5.97 Å². The smallest absolute Gasteiger partial charge is 0.328 e. The number of aromatic nitrogens is 2. The van der Waals surface area contributed by atoms with Crippen molar-refractivity contribution in [1.29, 1.82) is 0 Å². The van der Waals surface area contributed by atoms with Gasteiger partial charge in [0.15, 0.2) is 6.04 Å². The number of aryl methyl sites for hydroxylation is 1. The van der Waals surface area contributed by atoms with Crippen LogP contribution in [0.2, 0.25) is 0 Å². The van der Waals surface area contributed by atoms with E-state index in [0.717, 1.165) is 0 Å². The average Bonchev–Trinajstić information content (AvgIpc) is 2.71. The number of nitrogens with one attached hydrogen (secondary N) is 1. The number of halogens is 1. The van der Waals surface area contributed by atoms with Crippen LogP contribution >= 0.6 is 0 Å². The molecule has 0 spiro atoms. The summed E-state index contributed by atoms with van der Waals surface area (Å²) in [6.07, 6.45) is 0. The third kappa shape index (κ3) is 2.23. The molecular weight excluding hydrogens is 237 g/mol. The van der Waals surface area contributed by atoms with Crippen LogP contribution in [0.1, 0.15) is 17.6 Å². The fourth-order valence-electron chi connectivity index (χ4n) is 1.64. The molecule has 4 N–H and O–H groups in total. The summed E-state index contributed by atoms with van der Waals surface area (Å²) in [5.74, 6) is -1.32. The lowest BCUT2D eigenvalue weighted by Crippen LogP contribution is -2.21. The zero-order valence-corrected chi connectivity index (χ0v) is 9.64. The third-order valence-electron chi connectivity index (χ3n) is 2.58. The van der Waals surface area contributed by atoms with Crippen LogP contribution in [-0.2, 0) is 4.79 Å². The van der Waals surface area contributed by atoms with E-state index in [-0.39, 0.29) is 11.6 Å². The van der Waals surface area contributed by atoms with E-state index in [0.29, 0.717) is 17.0 Å². The minimum atomic E-state index is -1.20. The molecule has 0 radical (unpaired) electrons. The molecule has 1 aromatic carbocycles. The number of hydrogen-bond acceptors (Lipinski definition) is 3. The molecule has 1 aromatic heterocycles. The summed E-state index contributed by atoms with van der Waals surface area (Å²) in [5, 5.41) is 8.81. The maximum absolute atomic E-state index is 12.8. The number of rotatable bonds is 3. The van der Waals surface area contributed by atoms with E-state index < -0.39 is 12.0 Å². The monoisotopic (exact) mass is 249 g/mol. The maximum atomic E-state index is 12.8. The van der Waals surface area contributed by atoms with E-state index in [1.165, 1.54) is 12.1 Å². The van der Waals surface area contributed by atoms with Gasteiger partial charge in [-0.25, -0.2) is 9.37 Å². The van der Waals surface area contributed by atoms with E-state index in [2.05, 4.69) is 9.97 Å². The van der Waals surface area contributed by atoms with Crippen LogP contribution in [0.15, 0.2) is 24.3 Å². The van der Waals surface area contributed by atoms with Crippen LogP contribution in [0, 0.1) is 12.7 Å². The summed E-state index contributed by atoms with van der Waals surface area (Å²) in [5.41, 5.74) is 7.43. The van der Waals surface area contributed by atoms with Crippen molar-refractivity contribution in [3.63, 3.8) is 0 Å². The molecule has 94 valence electrons. The number of imidazole rings is 1. The van der Waals surface area contributed by atoms with Crippen LogP contribution in [0.25, 0.3) is 11.3 Å². The second-order valence-corrected chi connectivity index (χ2v) is 3.92. The quantitative estimate of drug-likeness (QED) is 0.770. The second-order valence-electron chi connectivity index (χ2n) is 3.92. The molecule has 0 aliphatic heterocycles. The Labute approximate surface area is 102 Å². The van der Waals surface area contributed by atoms with Gasteiger partial charge in [-0.05, 0) is 31.2 Å². The Bertz CT molecular complexity index is 578. The highest BCUT2D eigenvalue weighted by Gasteiger charge is 2.20. The number of aliphatic carboxylic acids is 1. The van der Waals surface area contributed by atoms with E-state index in [9.17, 15) is 9.18 Å². The second kappa shape index (κ2) is 4.58. The molecule has 0 saturated carbocycles. The Hall–Kier alpha value is -2.21. The van der Waals surface area contributed by atoms with Crippen molar-refractivity contribution in [2.45, 2.75) is 13.0 Å². The minimum Gasteiger partial charge on any atom is -0.480 e. The van der Waals surface area contributed by atoms with Gasteiger partial charge in [0.05, 0.1) is 5.69 Å². The Morgan fingerprint density at radius 1 is 1.44 bits per heavy atom. The first-order valence-corrected chi connectivity index (χ1v) is 5.30. The Balaban J connectivity index is 2.40. The minimum absolute atomic E-state index is 0.180. The van der Waals surface area contributed by atoms with Crippen molar-refractivity contribution in [2.24, 2.45) is 5.73 Å². The zero-order valence-electron chi connectivity index (χ0n) is 9.64. The number of nitrogens with two attached hydrogens (primary N) is 1. The molecule has 1 heterocycles. The summed E-state index contributed by atoms with van der Waals surface area (Å²) in [6, 6.07) is 4.60. The molecule has 6 heteroatoms. The van der Waals surface area contributed by atoms with E-state index in [1.54, 1.807) is 19.1 Å². The largest absolute Gasteiger partial charge is 0.480 e. The Kier molecular flexibility index (Phi) is 3.12. The van der Waals surface area contributed by atoms with Gasteiger partial charge in [-0.15, -0.1) is 0 Å². The lowest BCUT2D eigenvalue weighted by atomic mass is 10.1. The summed E-state index contributed by atoms with van der Waals surface area (Å²) >= 11 is 0. The molecule has 0 saturated heterocycles. The zero-order chi connectivity index (χ0) is 13.3. The van der Waals surface area contributed by atoms with Crippen LogP contribution in [0.5, 0.6) is 0 Å². The van der Waals surface area contributed by atoms with Gasteiger partial charge in [0, 0.05) is 11.3 Å². The van der Waals surface area contributed by atoms with Gasteiger partial charge in [0.2, 0.25) is 0 Å². The van der Waals surface area contributed by atoms with Crippen molar-refractivity contribution in [1.82, 2.24) is 9.97 Å². The van der Waals surface area contributed by atoms with Crippen LogP contribution in [-0.4, -0.2) is 21.0 Å². The molecular formula is C12H12FN3O2. The molecule has 1 unspecified atom stereocenters. The van der Waals surface area contributed by atoms with Gasteiger partial charge in [0.25, 0.3) is 0 Å². The SMILES string of the molecule is Cc1[nH]c(C(N)C(=O)O)nc1-c1ccc(F)cc1. The number of benzene rings is 1. The third-order valence-corrected chi connectivity index (χ3v) is 2.58. The Morgan fingerprint density at radius 3 is 2.61 bits per heavy atom. The van der Waals surface area contributed by atoms with Crippen molar-refractivity contribution < 1.29 is 14.3 Å². The van der Waals surface area contributed by atoms with E-state index in [4.69, 9.17) is 10.8 Å². The van der Waals surface area contributed by atoms with Gasteiger partial charge in [0.1, 0.15) is 11.6 Å². The highest BCUT2D eigenvalue weighted by molar-refractivity contribution is 5.74. The molecule has 2 rings (SSSR count). The van der Waals surface area contributed by atoms with Gasteiger partial charge >= 0.3 is 5.97 Å². The Morgan fingerprint density at radius 2 is 2.06 bits per heavy atom. The summed E-state index contributed by atoms with van der Waals surface area (Å²) in [4.78, 5) is 17.7. The molecule has 0 bridgehead atoms. The van der Waals surface area contributed by atoms with Gasteiger partial charge < -0.3 is 15.8 Å². The molecule has 18 heavy (non-hydrogen) atoms. The topological polar surface area (TPSA) is 92.0 Å². The predicted molar refractivity (Wildman–Crippen MR) is 63.3 cm³/mol. The predicted octanol–water partition coefficient (Wildman–Crippen LogP) is 1.61. The number of aromatic amines is 1. The fraction of sp³-hybridized carbons (Fsp3) is 0.167. The number of hydrogen-bond donors (Lipinski definition) is 3. The lowest BCUT2D eigenvalue weighted by Gasteiger charge is -2.00. The number of carboxylic acid groups (broad SMARTS) is 1. The highest BCUT2D eigenvalue weighted by Crippen LogP contribution is 2.23. The average molecular weight is 249 g/mol. The summed E-state index contributed by atoms with van der Waals surface area (Å²) < 4.78 is 12.8. The molecule has 5 nitrogen and oxygen atoms in total. The number of carbonyl (C=O) groups is 1. The standard InChI is InChI=1S/C12H12FN3O2/c1-6-10(7-2-4-8(13)5-3-7)16-11(15-6)9(14)12(17)18/h2-5,9H,14H2,1H3,(H,15,16)(H,17,18). The first kappa shape index (κ1) is 12.3. The van der Waals surface area contributed by atoms with Gasteiger partial charge in [-0.3, -0.25) is 4.79 Å². The van der Waals surface area contributed by atoms with Crippen molar-refractivity contribution in [3.05, 3.63) is 41.6 Å². The highest BCUT2D eigenvalue weighted by atomic mass is 19.1. The normalized spacial score (nSPS) is 12.4. The van der Waals surface area contributed by atoms with Crippen LogP contribution in [0.4, 0.5) is 4.39 Å². The van der Waals surface area contributed by atoms with Crippen LogP contribution < -0.4 is 5.73 Å². The number of nitrogens with zero attached hydrogens (tertiary/aromatic N) is 1. The van der Waals surface area contributed by atoms with Gasteiger partial charge in [-0.2, -0.15) is 0 Å².